The molecule has 0 aliphatic heterocycles. The zero-order valence-corrected chi connectivity index (χ0v) is 17.1. The summed E-state index contributed by atoms with van der Waals surface area (Å²) in [5.41, 5.74) is 3.71. The molecule has 0 spiro atoms. The molecule has 7 nitrogen and oxygen atoms in total. The maximum atomic E-state index is 12.7. The number of aromatic nitrogens is 2. The van der Waals surface area contributed by atoms with E-state index in [1.54, 1.807) is 53.9 Å². The fourth-order valence-electron chi connectivity index (χ4n) is 3.10. The van der Waals surface area contributed by atoms with Crippen molar-refractivity contribution in [3.63, 3.8) is 0 Å². The molecule has 0 radical (unpaired) electrons. The molecule has 2 heterocycles. The minimum atomic E-state index is -0.402. The van der Waals surface area contributed by atoms with Crippen molar-refractivity contribution < 1.29 is 9.72 Å². The van der Waals surface area contributed by atoms with E-state index >= 15 is 0 Å². The van der Waals surface area contributed by atoms with Crippen LogP contribution in [0.15, 0.2) is 35.7 Å². The van der Waals surface area contributed by atoms with E-state index in [9.17, 15) is 14.9 Å². The molecule has 0 N–H and O–H groups in total. The molecular formula is C20H22N4O3S. The molecule has 0 atom stereocenters. The van der Waals surface area contributed by atoms with E-state index in [0.29, 0.717) is 30.0 Å². The summed E-state index contributed by atoms with van der Waals surface area (Å²) in [5, 5.41) is 17.4. The van der Waals surface area contributed by atoms with Crippen molar-refractivity contribution in [3.05, 3.63) is 78.8 Å². The Labute approximate surface area is 167 Å². The highest BCUT2D eigenvalue weighted by molar-refractivity contribution is 7.10. The van der Waals surface area contributed by atoms with Gasteiger partial charge in [-0.2, -0.15) is 5.10 Å². The number of hydrogen-bond donors (Lipinski definition) is 0. The Bertz CT molecular complexity index is 1020. The summed E-state index contributed by atoms with van der Waals surface area (Å²) in [6, 6.07) is 9.35. The summed E-state index contributed by atoms with van der Waals surface area (Å²) >= 11 is 1.65. The van der Waals surface area contributed by atoms with Crippen molar-refractivity contribution in [2.24, 2.45) is 0 Å². The van der Waals surface area contributed by atoms with Gasteiger partial charge < -0.3 is 4.90 Å². The number of rotatable bonds is 6. The van der Waals surface area contributed by atoms with Crippen LogP contribution >= 0.6 is 11.3 Å². The predicted octanol–water partition coefficient (Wildman–Crippen LogP) is 4.10. The highest BCUT2D eigenvalue weighted by atomic mass is 32.1. The van der Waals surface area contributed by atoms with E-state index in [0.717, 1.165) is 5.56 Å². The number of aryl methyl sites for hydroxylation is 2. The molecule has 0 aliphatic carbocycles. The maximum absolute atomic E-state index is 12.7. The predicted molar refractivity (Wildman–Crippen MR) is 109 cm³/mol. The number of carbonyl (C=O) groups excluding carboxylic acids is 1. The van der Waals surface area contributed by atoms with E-state index in [-0.39, 0.29) is 11.6 Å². The SMILES string of the molecule is Cc1ccsc1CN(C)C(=O)c1ccc(Cn2nc(C)c([N+](=O)[O-])c2C)cc1. The van der Waals surface area contributed by atoms with Crippen molar-refractivity contribution >= 4 is 22.9 Å². The zero-order valence-electron chi connectivity index (χ0n) is 16.3. The van der Waals surface area contributed by atoms with Gasteiger partial charge in [0.15, 0.2) is 0 Å². The largest absolute Gasteiger partial charge is 0.337 e. The van der Waals surface area contributed by atoms with Gasteiger partial charge in [-0.25, -0.2) is 0 Å². The molecule has 0 saturated carbocycles. The van der Waals surface area contributed by atoms with E-state index in [4.69, 9.17) is 0 Å². The summed E-state index contributed by atoms with van der Waals surface area (Å²) in [5.74, 6) is -0.0406. The Kier molecular flexibility index (Phi) is 5.60. The second-order valence-electron chi connectivity index (χ2n) is 6.82. The van der Waals surface area contributed by atoms with E-state index in [2.05, 4.69) is 11.2 Å². The molecule has 3 rings (SSSR count). The standard InChI is InChI=1S/C20H22N4O3S/c1-13-9-10-28-18(13)12-22(4)20(25)17-7-5-16(6-8-17)11-23-15(3)19(24(26)27)14(2)21-23/h5-10H,11-12H2,1-4H3. The van der Waals surface area contributed by atoms with Gasteiger partial charge >= 0.3 is 5.69 Å². The topological polar surface area (TPSA) is 81.3 Å². The van der Waals surface area contributed by atoms with Crippen LogP contribution in [-0.2, 0) is 13.1 Å². The van der Waals surface area contributed by atoms with E-state index < -0.39 is 4.92 Å². The molecule has 0 aliphatic rings. The normalized spacial score (nSPS) is 10.9. The Morgan fingerprint density at radius 1 is 1.21 bits per heavy atom. The van der Waals surface area contributed by atoms with Gasteiger partial charge in [0.05, 0.1) is 18.0 Å². The summed E-state index contributed by atoms with van der Waals surface area (Å²) < 4.78 is 1.62. The second-order valence-corrected chi connectivity index (χ2v) is 7.82. The van der Waals surface area contributed by atoms with Crippen LogP contribution in [0.3, 0.4) is 0 Å². The molecule has 2 aromatic heterocycles. The summed E-state index contributed by atoms with van der Waals surface area (Å²) in [6.07, 6.45) is 0. The van der Waals surface area contributed by atoms with Crippen LogP contribution in [0, 0.1) is 30.9 Å². The van der Waals surface area contributed by atoms with Gasteiger partial charge in [0, 0.05) is 17.5 Å². The number of nitro groups is 1. The van der Waals surface area contributed by atoms with E-state index in [1.165, 1.54) is 10.4 Å². The number of benzene rings is 1. The first-order valence-corrected chi connectivity index (χ1v) is 9.71. The third kappa shape index (κ3) is 3.96. The van der Waals surface area contributed by atoms with Gasteiger partial charge in [-0.1, -0.05) is 12.1 Å². The molecule has 8 heteroatoms. The zero-order chi connectivity index (χ0) is 20.4. The smallest absolute Gasteiger partial charge is 0.312 e. The third-order valence-electron chi connectivity index (χ3n) is 4.75. The Morgan fingerprint density at radius 2 is 1.89 bits per heavy atom. The van der Waals surface area contributed by atoms with Gasteiger partial charge in [-0.15, -0.1) is 11.3 Å². The molecular weight excluding hydrogens is 376 g/mol. The van der Waals surface area contributed by atoms with Gasteiger partial charge in [0.25, 0.3) is 5.91 Å². The first kappa shape index (κ1) is 19.8. The second kappa shape index (κ2) is 7.93. The maximum Gasteiger partial charge on any atom is 0.312 e. The molecule has 3 aromatic rings. The third-order valence-corrected chi connectivity index (χ3v) is 5.76. The first-order valence-electron chi connectivity index (χ1n) is 8.83. The van der Waals surface area contributed by atoms with Crippen LogP contribution in [0.2, 0.25) is 0 Å². The van der Waals surface area contributed by atoms with Crippen molar-refractivity contribution in [1.82, 2.24) is 14.7 Å². The average molecular weight is 398 g/mol. The molecule has 146 valence electrons. The lowest BCUT2D eigenvalue weighted by atomic mass is 10.1. The fourth-order valence-corrected chi connectivity index (χ4v) is 4.06. The lowest BCUT2D eigenvalue weighted by Crippen LogP contribution is -2.26. The number of amides is 1. The molecule has 1 amide bonds. The number of hydrogen-bond acceptors (Lipinski definition) is 5. The number of nitrogens with zero attached hydrogens (tertiary/aromatic N) is 4. The van der Waals surface area contributed by atoms with Gasteiger partial charge in [0.2, 0.25) is 0 Å². The van der Waals surface area contributed by atoms with Crippen LogP contribution in [-0.4, -0.2) is 32.6 Å². The molecule has 0 unspecified atom stereocenters. The highest BCUT2D eigenvalue weighted by Crippen LogP contribution is 2.23. The van der Waals surface area contributed by atoms with Crippen molar-refractivity contribution in [2.75, 3.05) is 7.05 Å². The summed E-state index contributed by atoms with van der Waals surface area (Å²) in [6.45, 7) is 6.37. The Hall–Kier alpha value is -3.00. The van der Waals surface area contributed by atoms with Gasteiger partial charge in [-0.05, 0) is 55.5 Å². The van der Waals surface area contributed by atoms with Crippen LogP contribution in [0.5, 0.6) is 0 Å². The molecule has 0 saturated heterocycles. The fraction of sp³-hybridized carbons (Fsp3) is 0.300. The highest BCUT2D eigenvalue weighted by Gasteiger charge is 2.21. The molecule has 0 bridgehead atoms. The number of carbonyl (C=O) groups is 1. The minimum Gasteiger partial charge on any atom is -0.337 e. The lowest BCUT2D eigenvalue weighted by molar-refractivity contribution is -0.386. The van der Waals surface area contributed by atoms with Crippen molar-refractivity contribution in [3.8, 4) is 0 Å². The molecule has 0 fully saturated rings. The van der Waals surface area contributed by atoms with Crippen LogP contribution in [0.1, 0.15) is 37.7 Å². The van der Waals surface area contributed by atoms with Crippen molar-refractivity contribution in [1.29, 1.82) is 0 Å². The summed E-state index contributed by atoms with van der Waals surface area (Å²) in [4.78, 5) is 26.3. The van der Waals surface area contributed by atoms with Crippen LogP contribution in [0.25, 0.3) is 0 Å². The Morgan fingerprint density at radius 3 is 2.43 bits per heavy atom. The van der Waals surface area contributed by atoms with E-state index in [1.807, 2.05) is 24.4 Å². The monoisotopic (exact) mass is 398 g/mol. The Balaban J connectivity index is 1.71. The average Bonchev–Trinajstić information content (AvgIpc) is 3.17. The van der Waals surface area contributed by atoms with Crippen LogP contribution in [0.4, 0.5) is 5.69 Å². The van der Waals surface area contributed by atoms with Gasteiger partial charge in [-0.3, -0.25) is 19.6 Å². The minimum absolute atomic E-state index is 0.0406. The van der Waals surface area contributed by atoms with Gasteiger partial charge in [0.1, 0.15) is 11.4 Å². The van der Waals surface area contributed by atoms with Crippen molar-refractivity contribution in [2.45, 2.75) is 33.9 Å². The first-order chi connectivity index (χ1) is 13.3. The summed E-state index contributed by atoms with van der Waals surface area (Å²) in [7, 11) is 1.80. The number of thiophene rings is 1. The molecule has 1 aromatic carbocycles. The molecule has 28 heavy (non-hydrogen) atoms. The quantitative estimate of drug-likeness (QED) is 0.462. The van der Waals surface area contributed by atoms with Crippen LogP contribution < -0.4 is 0 Å². The lowest BCUT2D eigenvalue weighted by Gasteiger charge is -2.17.